The van der Waals surface area contributed by atoms with Crippen LogP contribution in [-0.4, -0.2) is 16.6 Å². The van der Waals surface area contributed by atoms with Crippen molar-refractivity contribution in [2.75, 3.05) is 0 Å². The second-order valence-corrected chi connectivity index (χ2v) is 5.54. The maximum atomic E-state index is 10.8. The number of nitrogens with one attached hydrogen (secondary N) is 1. The number of benzene rings is 1. The van der Waals surface area contributed by atoms with Gasteiger partial charge in [0.25, 0.3) is 5.69 Å². The van der Waals surface area contributed by atoms with E-state index in [0.717, 1.165) is 0 Å². The third-order valence-corrected chi connectivity index (χ3v) is 2.55. The van der Waals surface area contributed by atoms with Gasteiger partial charge >= 0.3 is 0 Å². The largest absolute Gasteiger partial charge is 0.476 e. The van der Waals surface area contributed by atoms with E-state index in [1.54, 1.807) is 6.92 Å². The molecule has 0 amide bonds. The molecule has 6 heteroatoms. The standard InChI is InChI=1S/C14H19N3O3/c1-10(8-15)20-13-6-5-12(17(18)19)7-11(13)9-16-14(2,3)4/h5-7,10,16H,9H2,1-4H3. The zero-order valence-electron chi connectivity index (χ0n) is 12.1. The van der Waals surface area contributed by atoms with Crippen molar-refractivity contribution in [3.05, 3.63) is 33.9 Å². The fraction of sp³-hybridized carbons (Fsp3) is 0.500. The summed E-state index contributed by atoms with van der Waals surface area (Å²) in [6.07, 6.45) is -0.607. The predicted molar refractivity (Wildman–Crippen MR) is 75.4 cm³/mol. The molecule has 6 nitrogen and oxygen atoms in total. The molecule has 0 bridgehead atoms. The number of nitro benzene ring substituents is 1. The molecule has 0 radical (unpaired) electrons. The summed E-state index contributed by atoms with van der Waals surface area (Å²) in [5.74, 6) is 0.487. The van der Waals surface area contributed by atoms with Crippen LogP contribution in [-0.2, 0) is 6.54 Å². The highest BCUT2D eigenvalue weighted by atomic mass is 16.6. The Hall–Kier alpha value is -2.13. The van der Waals surface area contributed by atoms with Gasteiger partial charge < -0.3 is 10.1 Å². The number of nitrogens with zero attached hydrogens (tertiary/aromatic N) is 2. The lowest BCUT2D eigenvalue weighted by atomic mass is 10.1. The second-order valence-electron chi connectivity index (χ2n) is 5.54. The Bertz CT molecular complexity index is 529. The fourth-order valence-electron chi connectivity index (χ4n) is 1.51. The van der Waals surface area contributed by atoms with Crippen LogP contribution in [0, 0.1) is 21.4 Å². The molecule has 108 valence electrons. The van der Waals surface area contributed by atoms with Crippen LogP contribution < -0.4 is 10.1 Å². The van der Waals surface area contributed by atoms with Crippen molar-refractivity contribution < 1.29 is 9.66 Å². The average Bonchev–Trinajstić information content (AvgIpc) is 2.36. The third kappa shape index (κ3) is 4.86. The first kappa shape index (κ1) is 15.9. The van der Waals surface area contributed by atoms with Crippen LogP contribution in [0.25, 0.3) is 0 Å². The lowest BCUT2D eigenvalue weighted by molar-refractivity contribution is -0.384. The van der Waals surface area contributed by atoms with Crippen LogP contribution in [0.4, 0.5) is 5.69 Å². The van der Waals surface area contributed by atoms with E-state index >= 15 is 0 Å². The van der Waals surface area contributed by atoms with E-state index in [1.807, 2.05) is 26.8 Å². The molecular formula is C14H19N3O3. The average molecular weight is 277 g/mol. The van der Waals surface area contributed by atoms with Gasteiger partial charge in [-0.1, -0.05) is 0 Å². The second kappa shape index (κ2) is 6.35. The Morgan fingerprint density at radius 1 is 1.50 bits per heavy atom. The van der Waals surface area contributed by atoms with E-state index in [2.05, 4.69) is 5.32 Å². The first-order valence-corrected chi connectivity index (χ1v) is 6.31. The smallest absolute Gasteiger partial charge is 0.270 e. The molecule has 0 fully saturated rings. The topological polar surface area (TPSA) is 88.2 Å². The molecule has 1 aromatic rings. The summed E-state index contributed by atoms with van der Waals surface area (Å²) in [5.41, 5.74) is 0.548. The first-order chi connectivity index (χ1) is 9.23. The molecule has 0 aromatic heterocycles. The van der Waals surface area contributed by atoms with Gasteiger partial charge in [0, 0.05) is 29.8 Å². The zero-order chi connectivity index (χ0) is 15.3. The highest BCUT2D eigenvalue weighted by Crippen LogP contribution is 2.25. The van der Waals surface area contributed by atoms with Gasteiger partial charge in [0.2, 0.25) is 0 Å². The van der Waals surface area contributed by atoms with Gasteiger partial charge in [-0.2, -0.15) is 5.26 Å². The first-order valence-electron chi connectivity index (χ1n) is 6.31. The highest BCUT2D eigenvalue weighted by molar-refractivity contribution is 5.44. The third-order valence-electron chi connectivity index (χ3n) is 2.55. The minimum Gasteiger partial charge on any atom is -0.476 e. The molecule has 0 aliphatic heterocycles. The summed E-state index contributed by atoms with van der Waals surface area (Å²) in [6.45, 7) is 8.06. The summed E-state index contributed by atoms with van der Waals surface area (Å²) in [6, 6.07) is 6.35. The Morgan fingerprint density at radius 2 is 2.15 bits per heavy atom. The summed E-state index contributed by atoms with van der Waals surface area (Å²) >= 11 is 0. The normalized spacial score (nSPS) is 12.6. The minimum atomic E-state index is -0.607. The van der Waals surface area contributed by atoms with Crippen LogP contribution in [0.2, 0.25) is 0 Å². The summed E-state index contributed by atoms with van der Waals surface area (Å²) in [4.78, 5) is 10.4. The molecule has 1 unspecified atom stereocenters. The molecular weight excluding hydrogens is 258 g/mol. The van der Waals surface area contributed by atoms with E-state index in [9.17, 15) is 10.1 Å². The van der Waals surface area contributed by atoms with E-state index in [1.165, 1.54) is 18.2 Å². The Balaban J connectivity index is 3.03. The van der Waals surface area contributed by atoms with Crippen LogP contribution in [0.15, 0.2) is 18.2 Å². The molecule has 0 heterocycles. The van der Waals surface area contributed by atoms with Crippen LogP contribution >= 0.6 is 0 Å². The van der Waals surface area contributed by atoms with E-state index in [4.69, 9.17) is 10.00 Å². The number of hydrogen-bond acceptors (Lipinski definition) is 5. The molecule has 0 spiro atoms. The number of non-ortho nitro benzene ring substituents is 1. The molecule has 1 N–H and O–H groups in total. The van der Waals surface area contributed by atoms with Gasteiger partial charge in [-0.15, -0.1) is 0 Å². The van der Waals surface area contributed by atoms with Crippen molar-refractivity contribution in [3.63, 3.8) is 0 Å². The molecule has 0 saturated carbocycles. The lowest BCUT2D eigenvalue weighted by Crippen LogP contribution is -2.35. The number of nitro groups is 1. The van der Waals surface area contributed by atoms with Crippen molar-refractivity contribution in [2.45, 2.75) is 45.9 Å². The summed E-state index contributed by atoms with van der Waals surface area (Å²) in [5, 5.41) is 22.9. The Morgan fingerprint density at radius 3 is 2.65 bits per heavy atom. The van der Waals surface area contributed by atoms with Gasteiger partial charge in [0.05, 0.1) is 4.92 Å². The molecule has 1 aromatic carbocycles. The quantitative estimate of drug-likeness (QED) is 0.660. The molecule has 0 saturated heterocycles. The monoisotopic (exact) mass is 277 g/mol. The van der Waals surface area contributed by atoms with Gasteiger partial charge in [-0.25, -0.2) is 0 Å². The highest BCUT2D eigenvalue weighted by Gasteiger charge is 2.16. The van der Waals surface area contributed by atoms with Crippen LogP contribution in [0.1, 0.15) is 33.3 Å². The number of rotatable bonds is 5. The zero-order valence-corrected chi connectivity index (χ0v) is 12.1. The van der Waals surface area contributed by atoms with Gasteiger partial charge in [0.15, 0.2) is 6.10 Å². The predicted octanol–water partition coefficient (Wildman–Crippen LogP) is 2.77. The van der Waals surface area contributed by atoms with Crippen molar-refractivity contribution in [3.8, 4) is 11.8 Å². The van der Waals surface area contributed by atoms with Gasteiger partial charge in [-0.05, 0) is 33.8 Å². The molecule has 1 rings (SSSR count). The Kier molecular flexibility index (Phi) is 5.06. The maximum absolute atomic E-state index is 10.8. The lowest BCUT2D eigenvalue weighted by Gasteiger charge is -2.21. The van der Waals surface area contributed by atoms with Gasteiger partial charge in [-0.3, -0.25) is 10.1 Å². The van der Waals surface area contributed by atoms with Crippen LogP contribution in [0.5, 0.6) is 5.75 Å². The summed E-state index contributed by atoms with van der Waals surface area (Å²) < 4.78 is 5.47. The van der Waals surface area contributed by atoms with E-state index in [0.29, 0.717) is 17.9 Å². The number of nitriles is 1. The van der Waals surface area contributed by atoms with Crippen molar-refractivity contribution >= 4 is 5.69 Å². The number of ether oxygens (including phenoxy) is 1. The van der Waals surface area contributed by atoms with E-state index < -0.39 is 11.0 Å². The van der Waals surface area contributed by atoms with Crippen molar-refractivity contribution in [2.24, 2.45) is 0 Å². The van der Waals surface area contributed by atoms with Crippen molar-refractivity contribution in [1.29, 1.82) is 5.26 Å². The summed E-state index contributed by atoms with van der Waals surface area (Å²) in [7, 11) is 0. The van der Waals surface area contributed by atoms with Gasteiger partial charge in [0.1, 0.15) is 11.8 Å². The number of hydrogen-bond donors (Lipinski definition) is 1. The van der Waals surface area contributed by atoms with E-state index in [-0.39, 0.29) is 11.2 Å². The van der Waals surface area contributed by atoms with Crippen molar-refractivity contribution in [1.82, 2.24) is 5.32 Å². The maximum Gasteiger partial charge on any atom is 0.270 e. The minimum absolute atomic E-state index is 0.00710. The Labute approximate surface area is 118 Å². The molecule has 1 atom stereocenters. The van der Waals surface area contributed by atoms with Crippen LogP contribution in [0.3, 0.4) is 0 Å². The fourth-order valence-corrected chi connectivity index (χ4v) is 1.51. The molecule has 0 aliphatic carbocycles. The molecule has 20 heavy (non-hydrogen) atoms. The SMILES string of the molecule is CC(C#N)Oc1ccc([N+](=O)[O-])cc1CNC(C)(C)C. The molecule has 0 aliphatic rings.